The van der Waals surface area contributed by atoms with E-state index in [1.165, 1.54) is 16.2 Å². The first-order valence-corrected chi connectivity index (χ1v) is 8.00. The van der Waals surface area contributed by atoms with Crippen LogP contribution in [0.1, 0.15) is 41.7 Å². The number of carboxylic acid groups (broad SMARTS) is 1. The highest BCUT2D eigenvalue weighted by atomic mass is 32.1. The van der Waals surface area contributed by atoms with E-state index in [1.807, 2.05) is 0 Å². The van der Waals surface area contributed by atoms with Crippen LogP contribution in [-0.2, 0) is 22.4 Å². The van der Waals surface area contributed by atoms with Gasteiger partial charge in [-0.3, -0.25) is 9.59 Å². The zero-order chi connectivity index (χ0) is 15.0. The molecule has 5 nitrogen and oxygen atoms in total. The lowest BCUT2D eigenvalue weighted by atomic mass is 10.0. The molecule has 1 saturated carbocycles. The maximum absolute atomic E-state index is 12.3. The van der Waals surface area contributed by atoms with Crippen LogP contribution in [0.3, 0.4) is 0 Å². The van der Waals surface area contributed by atoms with Gasteiger partial charge in [0.2, 0.25) is 5.91 Å². The predicted molar refractivity (Wildman–Crippen MR) is 78.2 cm³/mol. The van der Waals surface area contributed by atoms with Crippen molar-refractivity contribution in [2.75, 3.05) is 5.32 Å². The maximum atomic E-state index is 12.3. The van der Waals surface area contributed by atoms with Gasteiger partial charge < -0.3 is 10.4 Å². The lowest BCUT2D eigenvalue weighted by Crippen LogP contribution is -2.21. The number of thiophene rings is 1. The molecule has 2 unspecified atom stereocenters. The Kier molecular flexibility index (Phi) is 3.68. The van der Waals surface area contributed by atoms with E-state index in [4.69, 9.17) is 5.11 Å². The quantitative estimate of drug-likeness (QED) is 0.898. The molecule has 1 amide bonds. The van der Waals surface area contributed by atoms with Crippen molar-refractivity contribution >= 4 is 28.2 Å². The van der Waals surface area contributed by atoms with Gasteiger partial charge in [0, 0.05) is 10.8 Å². The molecule has 0 aromatic carbocycles. The van der Waals surface area contributed by atoms with Gasteiger partial charge in [0.1, 0.15) is 11.1 Å². The van der Waals surface area contributed by atoms with Gasteiger partial charge in [0.05, 0.1) is 11.5 Å². The second-order valence-electron chi connectivity index (χ2n) is 5.71. The van der Waals surface area contributed by atoms with E-state index >= 15 is 0 Å². The van der Waals surface area contributed by atoms with Crippen LogP contribution >= 0.6 is 11.3 Å². The fraction of sp³-hybridized carbons (Fsp3) is 0.533. The number of carboxylic acids is 1. The summed E-state index contributed by atoms with van der Waals surface area (Å²) in [6.07, 6.45) is 4.53. The summed E-state index contributed by atoms with van der Waals surface area (Å²) in [5.74, 6) is -1.63. The van der Waals surface area contributed by atoms with Crippen LogP contribution in [0.4, 0.5) is 5.00 Å². The number of hydrogen-bond acceptors (Lipinski definition) is 4. The van der Waals surface area contributed by atoms with Crippen molar-refractivity contribution < 1.29 is 14.7 Å². The second-order valence-corrected chi connectivity index (χ2v) is 6.81. The Labute approximate surface area is 126 Å². The van der Waals surface area contributed by atoms with E-state index in [0.29, 0.717) is 29.8 Å². The molecule has 0 aliphatic heterocycles. The number of aryl methyl sites for hydroxylation is 1. The van der Waals surface area contributed by atoms with E-state index in [1.54, 1.807) is 0 Å². The van der Waals surface area contributed by atoms with Crippen LogP contribution in [0.25, 0.3) is 0 Å². The van der Waals surface area contributed by atoms with E-state index in [2.05, 4.69) is 11.4 Å². The van der Waals surface area contributed by atoms with Crippen LogP contribution in [0, 0.1) is 23.2 Å². The summed E-state index contributed by atoms with van der Waals surface area (Å²) in [6, 6.07) is 2.20. The molecule has 0 bridgehead atoms. The largest absolute Gasteiger partial charge is 0.481 e. The summed E-state index contributed by atoms with van der Waals surface area (Å²) < 4.78 is 0. The van der Waals surface area contributed by atoms with Gasteiger partial charge in [-0.25, -0.2) is 0 Å². The van der Waals surface area contributed by atoms with Crippen molar-refractivity contribution in [3.05, 3.63) is 16.0 Å². The topological polar surface area (TPSA) is 90.2 Å². The van der Waals surface area contributed by atoms with Crippen molar-refractivity contribution in [3.63, 3.8) is 0 Å². The summed E-state index contributed by atoms with van der Waals surface area (Å²) >= 11 is 1.50. The number of nitrogens with one attached hydrogen (secondary N) is 1. The lowest BCUT2D eigenvalue weighted by molar-refractivity contribution is -0.141. The molecule has 6 heteroatoms. The summed E-state index contributed by atoms with van der Waals surface area (Å²) in [7, 11) is 0. The van der Waals surface area contributed by atoms with E-state index in [0.717, 1.165) is 24.8 Å². The Morgan fingerprint density at radius 2 is 2.05 bits per heavy atom. The molecule has 0 radical (unpaired) electrons. The van der Waals surface area contributed by atoms with Crippen LogP contribution in [-0.4, -0.2) is 17.0 Å². The van der Waals surface area contributed by atoms with Crippen molar-refractivity contribution in [3.8, 4) is 6.07 Å². The van der Waals surface area contributed by atoms with Gasteiger partial charge in [-0.15, -0.1) is 11.3 Å². The van der Waals surface area contributed by atoms with Gasteiger partial charge >= 0.3 is 5.97 Å². The van der Waals surface area contributed by atoms with Gasteiger partial charge in [0.25, 0.3) is 0 Å². The SMILES string of the molecule is N#Cc1c(NC(=O)C2CCC(C(=O)O)C2)sc2c1CCC2. The number of amides is 1. The van der Waals surface area contributed by atoms with Crippen molar-refractivity contribution in [1.29, 1.82) is 5.26 Å². The van der Waals surface area contributed by atoms with E-state index in [9.17, 15) is 14.9 Å². The average molecular weight is 304 g/mol. The molecule has 2 atom stereocenters. The zero-order valence-electron chi connectivity index (χ0n) is 11.5. The fourth-order valence-electron chi connectivity index (χ4n) is 3.27. The first kappa shape index (κ1) is 14.1. The predicted octanol–water partition coefficient (Wildman–Crippen LogP) is 2.55. The number of fused-ring (bicyclic) bond motifs is 1. The maximum Gasteiger partial charge on any atom is 0.306 e. The standard InChI is InChI=1S/C15H16N2O3S/c16-7-11-10-2-1-3-12(10)21-14(11)17-13(18)8-4-5-9(6-8)15(19)20/h8-9H,1-6H2,(H,17,18)(H,19,20). The monoisotopic (exact) mass is 304 g/mol. The Balaban J connectivity index is 1.72. The molecule has 21 heavy (non-hydrogen) atoms. The molecule has 2 aliphatic rings. The summed E-state index contributed by atoms with van der Waals surface area (Å²) in [5.41, 5.74) is 1.70. The fourth-order valence-corrected chi connectivity index (χ4v) is 4.51. The van der Waals surface area contributed by atoms with Crippen molar-refractivity contribution in [1.82, 2.24) is 0 Å². The molecule has 0 spiro atoms. The Morgan fingerprint density at radius 3 is 2.71 bits per heavy atom. The minimum Gasteiger partial charge on any atom is -0.481 e. The lowest BCUT2D eigenvalue weighted by Gasteiger charge is -2.10. The highest BCUT2D eigenvalue weighted by molar-refractivity contribution is 7.16. The third-order valence-corrected chi connectivity index (χ3v) is 5.63. The van der Waals surface area contributed by atoms with Crippen LogP contribution in [0.5, 0.6) is 0 Å². The van der Waals surface area contributed by atoms with Gasteiger partial charge in [-0.1, -0.05) is 0 Å². The normalized spacial score (nSPS) is 23.6. The summed E-state index contributed by atoms with van der Waals surface area (Å²) in [4.78, 5) is 24.4. The number of carbonyl (C=O) groups excluding carboxylic acids is 1. The first-order chi connectivity index (χ1) is 10.1. The van der Waals surface area contributed by atoms with Crippen LogP contribution in [0.2, 0.25) is 0 Å². The van der Waals surface area contributed by atoms with E-state index in [-0.39, 0.29) is 11.8 Å². The number of anilines is 1. The molecule has 3 rings (SSSR count). The third-order valence-electron chi connectivity index (χ3n) is 4.42. The average Bonchev–Trinajstić information content (AvgIpc) is 3.13. The van der Waals surface area contributed by atoms with Crippen molar-refractivity contribution in [2.24, 2.45) is 11.8 Å². The summed E-state index contributed by atoms with van der Waals surface area (Å²) in [5, 5.41) is 21.8. The molecule has 2 aliphatic carbocycles. The zero-order valence-corrected chi connectivity index (χ0v) is 12.3. The van der Waals surface area contributed by atoms with Gasteiger partial charge in [0.15, 0.2) is 0 Å². The number of aliphatic carboxylic acids is 1. The Morgan fingerprint density at radius 1 is 1.29 bits per heavy atom. The molecule has 1 aromatic heterocycles. The highest BCUT2D eigenvalue weighted by Gasteiger charge is 2.34. The molecular weight excluding hydrogens is 288 g/mol. The van der Waals surface area contributed by atoms with Crippen molar-refractivity contribution in [2.45, 2.75) is 38.5 Å². The number of nitriles is 1. The Bertz CT molecular complexity index is 644. The molecule has 1 fully saturated rings. The van der Waals surface area contributed by atoms with Gasteiger partial charge in [-0.2, -0.15) is 5.26 Å². The van der Waals surface area contributed by atoms with Gasteiger partial charge in [-0.05, 0) is 44.1 Å². The van der Waals surface area contributed by atoms with Crippen LogP contribution in [0.15, 0.2) is 0 Å². The smallest absolute Gasteiger partial charge is 0.306 e. The second kappa shape index (κ2) is 5.49. The minimum atomic E-state index is -0.821. The number of hydrogen-bond donors (Lipinski definition) is 2. The highest BCUT2D eigenvalue weighted by Crippen LogP contribution is 2.39. The minimum absolute atomic E-state index is 0.143. The molecule has 1 aromatic rings. The first-order valence-electron chi connectivity index (χ1n) is 7.18. The van der Waals surface area contributed by atoms with E-state index < -0.39 is 11.9 Å². The molecule has 0 saturated heterocycles. The third kappa shape index (κ3) is 2.54. The number of nitrogens with zero attached hydrogens (tertiary/aromatic N) is 1. The van der Waals surface area contributed by atoms with Crippen LogP contribution < -0.4 is 5.32 Å². The number of carbonyl (C=O) groups is 2. The number of rotatable bonds is 3. The molecule has 1 heterocycles. The Hall–Kier alpha value is -1.87. The molecular formula is C15H16N2O3S. The molecule has 110 valence electrons. The molecule has 2 N–H and O–H groups in total. The summed E-state index contributed by atoms with van der Waals surface area (Å²) in [6.45, 7) is 0.